The highest BCUT2D eigenvalue weighted by molar-refractivity contribution is 7.21. The monoisotopic (exact) mass is 446 g/mol. The van der Waals surface area contributed by atoms with Gasteiger partial charge in [-0.3, -0.25) is 0 Å². The van der Waals surface area contributed by atoms with Crippen molar-refractivity contribution in [2.45, 2.75) is 0 Å². The Balaban J connectivity index is 1.48. The van der Waals surface area contributed by atoms with E-state index in [1.165, 1.54) is 11.3 Å². The maximum atomic E-state index is 12.9. The van der Waals surface area contributed by atoms with Crippen molar-refractivity contribution in [3.63, 3.8) is 0 Å². The fraction of sp³-hybridized carbons (Fsp3) is 0. The van der Waals surface area contributed by atoms with Crippen LogP contribution in [-0.4, -0.2) is 4.98 Å². The van der Waals surface area contributed by atoms with Gasteiger partial charge in [0.2, 0.25) is 0 Å². The van der Waals surface area contributed by atoms with E-state index in [4.69, 9.17) is 4.42 Å². The Morgan fingerprint density at radius 3 is 2.06 bits per heavy atom. The van der Waals surface area contributed by atoms with Gasteiger partial charge in [-0.05, 0) is 54.6 Å². The molecule has 2 aromatic heterocycles. The van der Waals surface area contributed by atoms with Crippen LogP contribution in [0.5, 0.6) is 0 Å². The predicted octanol–water partition coefficient (Wildman–Crippen LogP) is 7.54. The van der Waals surface area contributed by atoms with E-state index in [0.717, 1.165) is 32.7 Å². The average Bonchev–Trinajstić information content (AvgIpc) is 3.29. The molecule has 5 heteroatoms. The summed E-state index contributed by atoms with van der Waals surface area (Å²) in [4.78, 5) is 19.7. The van der Waals surface area contributed by atoms with Gasteiger partial charge in [-0.25, -0.2) is 9.78 Å². The molecule has 4 nitrogen and oxygen atoms in total. The molecule has 0 N–H and O–H groups in total. The number of fused-ring (bicyclic) bond motifs is 2. The maximum absolute atomic E-state index is 12.9. The molecular weight excluding hydrogens is 428 g/mol. The zero-order valence-electron chi connectivity index (χ0n) is 17.5. The van der Waals surface area contributed by atoms with E-state index >= 15 is 0 Å². The number of benzene rings is 4. The van der Waals surface area contributed by atoms with Gasteiger partial charge in [-0.15, -0.1) is 11.3 Å². The lowest BCUT2D eigenvalue weighted by molar-refractivity contribution is 0.563. The molecule has 158 valence electrons. The standard InChI is InChI=1S/C28H18N2O2S/c31-28-23(27-29-24-13-7-8-14-26(24)33-27)17-19-15-16-22(18-25(19)32-28)30(20-9-3-1-4-10-20)21-11-5-2-6-12-21/h1-18H. The molecule has 0 saturated heterocycles. The first kappa shape index (κ1) is 19.5. The smallest absolute Gasteiger partial charge is 0.346 e. The summed E-state index contributed by atoms with van der Waals surface area (Å²) in [5, 5.41) is 1.53. The van der Waals surface area contributed by atoms with Crippen LogP contribution in [0.4, 0.5) is 17.1 Å². The Labute approximate surface area is 194 Å². The molecule has 0 aliphatic heterocycles. The molecule has 6 rings (SSSR count). The Bertz CT molecular complexity index is 1570. The minimum Gasteiger partial charge on any atom is -0.422 e. The van der Waals surface area contributed by atoms with Gasteiger partial charge in [0.25, 0.3) is 0 Å². The number of rotatable bonds is 4. The Morgan fingerprint density at radius 1 is 0.697 bits per heavy atom. The molecule has 6 aromatic rings. The number of hydrogen-bond acceptors (Lipinski definition) is 5. The first-order valence-electron chi connectivity index (χ1n) is 10.6. The first-order valence-corrected chi connectivity index (χ1v) is 11.4. The summed E-state index contributed by atoms with van der Waals surface area (Å²) >= 11 is 1.50. The van der Waals surface area contributed by atoms with Crippen LogP contribution in [0.3, 0.4) is 0 Å². The molecule has 0 fully saturated rings. The van der Waals surface area contributed by atoms with E-state index in [-0.39, 0.29) is 5.63 Å². The van der Waals surface area contributed by atoms with Crippen LogP contribution >= 0.6 is 11.3 Å². The molecule has 0 saturated carbocycles. The van der Waals surface area contributed by atoms with Crippen LogP contribution in [-0.2, 0) is 0 Å². The topological polar surface area (TPSA) is 46.3 Å². The van der Waals surface area contributed by atoms with Gasteiger partial charge in [0, 0.05) is 28.5 Å². The van der Waals surface area contributed by atoms with Gasteiger partial charge in [-0.2, -0.15) is 0 Å². The molecule has 0 spiro atoms. The van der Waals surface area contributed by atoms with Crippen LogP contribution in [0.25, 0.3) is 31.8 Å². The summed E-state index contributed by atoms with van der Waals surface area (Å²) < 4.78 is 6.84. The summed E-state index contributed by atoms with van der Waals surface area (Å²) in [5.74, 6) is 0. The Morgan fingerprint density at radius 2 is 1.36 bits per heavy atom. The molecule has 0 aliphatic carbocycles. The molecule has 0 radical (unpaired) electrons. The van der Waals surface area contributed by atoms with E-state index in [2.05, 4.69) is 34.1 Å². The highest BCUT2D eigenvalue weighted by atomic mass is 32.1. The van der Waals surface area contributed by atoms with Crippen molar-refractivity contribution < 1.29 is 4.42 Å². The molecule has 33 heavy (non-hydrogen) atoms. The summed E-state index contributed by atoms with van der Waals surface area (Å²) in [5.41, 5.74) is 4.49. The van der Waals surface area contributed by atoms with Crippen molar-refractivity contribution in [2.24, 2.45) is 0 Å². The average molecular weight is 447 g/mol. The van der Waals surface area contributed by atoms with Gasteiger partial charge in [0.15, 0.2) is 0 Å². The van der Waals surface area contributed by atoms with Gasteiger partial charge in [0.1, 0.15) is 10.6 Å². The maximum Gasteiger partial charge on any atom is 0.346 e. The van der Waals surface area contributed by atoms with Gasteiger partial charge in [-0.1, -0.05) is 48.5 Å². The highest BCUT2D eigenvalue weighted by Gasteiger charge is 2.16. The third kappa shape index (κ3) is 3.58. The molecule has 4 aromatic carbocycles. The molecule has 0 bridgehead atoms. The molecule has 2 heterocycles. The van der Waals surface area contributed by atoms with E-state index in [1.807, 2.05) is 84.9 Å². The number of anilines is 3. The molecule has 0 unspecified atom stereocenters. The lowest BCUT2D eigenvalue weighted by Crippen LogP contribution is -2.10. The van der Waals surface area contributed by atoms with Crippen LogP contribution in [0, 0.1) is 0 Å². The minimum absolute atomic E-state index is 0.385. The normalized spacial score (nSPS) is 11.2. The minimum atomic E-state index is -0.385. The second kappa shape index (κ2) is 8.04. The van der Waals surface area contributed by atoms with Crippen molar-refractivity contribution in [1.82, 2.24) is 4.98 Å². The zero-order valence-corrected chi connectivity index (χ0v) is 18.3. The summed E-state index contributed by atoms with van der Waals surface area (Å²) in [7, 11) is 0. The third-order valence-electron chi connectivity index (χ3n) is 5.53. The summed E-state index contributed by atoms with van der Waals surface area (Å²) in [6, 6.07) is 36.0. The first-order chi connectivity index (χ1) is 16.3. The molecule has 0 amide bonds. The number of nitrogens with zero attached hydrogens (tertiary/aromatic N) is 2. The fourth-order valence-electron chi connectivity index (χ4n) is 3.98. The highest BCUT2D eigenvalue weighted by Crippen LogP contribution is 2.36. The number of para-hydroxylation sites is 3. The summed E-state index contributed by atoms with van der Waals surface area (Å²) in [6.45, 7) is 0. The number of thiazole rings is 1. The summed E-state index contributed by atoms with van der Waals surface area (Å²) in [6.07, 6.45) is 0. The SMILES string of the molecule is O=c1oc2cc(N(c3ccccc3)c3ccccc3)ccc2cc1-c1nc2ccccc2s1. The molecular formula is C28H18N2O2S. The lowest BCUT2D eigenvalue weighted by atomic mass is 10.1. The van der Waals surface area contributed by atoms with E-state index in [0.29, 0.717) is 16.2 Å². The fourth-order valence-corrected chi connectivity index (χ4v) is 4.95. The lowest BCUT2D eigenvalue weighted by Gasteiger charge is -2.25. The Kier molecular flexibility index (Phi) is 4.74. The van der Waals surface area contributed by atoms with Crippen LogP contribution < -0.4 is 10.5 Å². The van der Waals surface area contributed by atoms with E-state index in [1.54, 1.807) is 0 Å². The molecule has 0 atom stereocenters. The van der Waals surface area contributed by atoms with Crippen LogP contribution in [0.2, 0.25) is 0 Å². The second-order valence-electron chi connectivity index (χ2n) is 7.66. The quantitative estimate of drug-likeness (QED) is 0.262. The van der Waals surface area contributed by atoms with E-state index in [9.17, 15) is 4.79 Å². The van der Waals surface area contributed by atoms with Crippen molar-refractivity contribution >= 4 is 49.6 Å². The number of aromatic nitrogens is 1. The second-order valence-corrected chi connectivity index (χ2v) is 8.69. The van der Waals surface area contributed by atoms with Crippen molar-refractivity contribution in [2.75, 3.05) is 4.90 Å². The zero-order chi connectivity index (χ0) is 22.2. The van der Waals surface area contributed by atoms with Crippen LogP contribution in [0.1, 0.15) is 0 Å². The van der Waals surface area contributed by atoms with Crippen molar-refractivity contribution in [3.8, 4) is 10.6 Å². The van der Waals surface area contributed by atoms with Gasteiger partial charge >= 0.3 is 5.63 Å². The Hall–Kier alpha value is -4.22. The van der Waals surface area contributed by atoms with Gasteiger partial charge < -0.3 is 9.32 Å². The number of hydrogen-bond donors (Lipinski definition) is 0. The largest absolute Gasteiger partial charge is 0.422 e. The predicted molar refractivity (Wildman–Crippen MR) is 136 cm³/mol. The molecule has 0 aliphatic rings. The van der Waals surface area contributed by atoms with Crippen LogP contribution in [0.15, 0.2) is 118 Å². The van der Waals surface area contributed by atoms with Crippen molar-refractivity contribution in [3.05, 3.63) is 120 Å². The van der Waals surface area contributed by atoms with Crippen molar-refractivity contribution in [1.29, 1.82) is 0 Å². The van der Waals surface area contributed by atoms with E-state index < -0.39 is 0 Å². The third-order valence-corrected chi connectivity index (χ3v) is 6.60. The van der Waals surface area contributed by atoms with Gasteiger partial charge in [0.05, 0.1) is 15.8 Å².